The second-order valence-electron chi connectivity index (χ2n) is 6.32. The normalized spacial score (nSPS) is 14.1. The van der Waals surface area contributed by atoms with Gasteiger partial charge >= 0.3 is 11.9 Å². The van der Waals surface area contributed by atoms with Crippen LogP contribution in [0.2, 0.25) is 0 Å². The molecule has 0 radical (unpaired) electrons. The van der Waals surface area contributed by atoms with Crippen LogP contribution in [0.4, 0.5) is 11.4 Å². The first-order valence-corrected chi connectivity index (χ1v) is 8.82. The van der Waals surface area contributed by atoms with E-state index in [0.29, 0.717) is 34.5 Å². The number of allylic oxidation sites excluding steroid dienone is 1. The lowest BCUT2D eigenvalue weighted by Gasteiger charge is -2.14. The van der Waals surface area contributed by atoms with Gasteiger partial charge in [0, 0.05) is 16.9 Å². The van der Waals surface area contributed by atoms with E-state index in [2.05, 4.69) is 10.6 Å². The number of rotatable bonds is 6. The van der Waals surface area contributed by atoms with E-state index in [1.54, 1.807) is 30.3 Å². The zero-order valence-corrected chi connectivity index (χ0v) is 15.5. The Labute approximate surface area is 162 Å². The molecule has 0 spiro atoms. The van der Waals surface area contributed by atoms with Gasteiger partial charge < -0.3 is 20.5 Å². The number of methoxy groups -OCH3 is 1. The topological polar surface area (TPSA) is 105 Å². The molecular weight excluding hydrogens is 360 g/mol. The Morgan fingerprint density at radius 3 is 2.39 bits per heavy atom. The second-order valence-corrected chi connectivity index (χ2v) is 6.32. The summed E-state index contributed by atoms with van der Waals surface area (Å²) in [5.74, 6) is -1.72. The molecule has 144 valence electrons. The first kappa shape index (κ1) is 19.2. The number of carboxylic acids is 1. The Morgan fingerprint density at radius 1 is 1.11 bits per heavy atom. The summed E-state index contributed by atoms with van der Waals surface area (Å²) in [6.07, 6.45) is 1.43. The van der Waals surface area contributed by atoms with E-state index in [9.17, 15) is 14.4 Å². The summed E-state index contributed by atoms with van der Waals surface area (Å²) in [5.41, 5.74) is 3.73. The lowest BCUT2D eigenvalue weighted by molar-refractivity contribution is -0.110. The van der Waals surface area contributed by atoms with Gasteiger partial charge in [-0.25, -0.2) is 9.59 Å². The number of esters is 1. The quantitative estimate of drug-likeness (QED) is 0.521. The van der Waals surface area contributed by atoms with Gasteiger partial charge in [-0.05, 0) is 42.8 Å². The molecule has 3 rings (SSSR count). The number of fused-ring (bicyclic) bond motifs is 1. The molecule has 1 amide bonds. The molecule has 1 aliphatic rings. The van der Waals surface area contributed by atoms with Crippen molar-refractivity contribution in [3.8, 4) is 0 Å². The van der Waals surface area contributed by atoms with Crippen LogP contribution >= 0.6 is 0 Å². The van der Waals surface area contributed by atoms with Crippen molar-refractivity contribution >= 4 is 34.8 Å². The molecular formula is C21H20N2O5. The summed E-state index contributed by atoms with van der Waals surface area (Å²) >= 11 is 0. The van der Waals surface area contributed by atoms with Crippen molar-refractivity contribution in [3.63, 3.8) is 0 Å². The number of carbonyl (C=O) groups is 3. The van der Waals surface area contributed by atoms with Crippen LogP contribution in [0.15, 0.2) is 48.2 Å². The summed E-state index contributed by atoms with van der Waals surface area (Å²) in [6.45, 7) is 2.00. The van der Waals surface area contributed by atoms with Gasteiger partial charge in [0.25, 0.3) is 5.91 Å². The van der Waals surface area contributed by atoms with E-state index in [0.717, 1.165) is 12.1 Å². The predicted molar refractivity (Wildman–Crippen MR) is 105 cm³/mol. The molecule has 0 fully saturated rings. The molecule has 1 heterocycles. The van der Waals surface area contributed by atoms with E-state index < -0.39 is 11.9 Å². The number of nitrogens with one attached hydrogen (secondary N) is 2. The van der Waals surface area contributed by atoms with Crippen LogP contribution in [-0.2, 0) is 9.53 Å². The first-order chi connectivity index (χ1) is 13.4. The Balaban J connectivity index is 1.99. The van der Waals surface area contributed by atoms with Crippen molar-refractivity contribution in [2.75, 3.05) is 17.7 Å². The third-order valence-electron chi connectivity index (χ3n) is 4.41. The van der Waals surface area contributed by atoms with E-state index in [1.807, 2.05) is 6.92 Å². The molecule has 0 aromatic heterocycles. The number of hydrogen-bond acceptors (Lipinski definition) is 5. The molecule has 0 saturated carbocycles. The standard InChI is InChI=1S/C21H20N2O5/c1-3-4-16(22-14-8-5-12(6-9-14)20(25)26)18-15-10-7-13(21(27)28-2)11-17(15)23-19(18)24/h5-11,22H,3-4H2,1-2H3,(H,23,24)(H,25,26). The number of ether oxygens (including phenoxy) is 1. The lowest BCUT2D eigenvalue weighted by atomic mass is 10.0. The summed E-state index contributed by atoms with van der Waals surface area (Å²) in [5, 5.41) is 15.1. The third-order valence-corrected chi connectivity index (χ3v) is 4.41. The summed E-state index contributed by atoms with van der Waals surface area (Å²) in [7, 11) is 1.30. The minimum absolute atomic E-state index is 0.189. The van der Waals surface area contributed by atoms with Crippen molar-refractivity contribution in [2.24, 2.45) is 0 Å². The Bertz CT molecular complexity index is 977. The molecule has 1 aliphatic heterocycles. The van der Waals surface area contributed by atoms with Gasteiger partial charge in [0.1, 0.15) is 0 Å². The van der Waals surface area contributed by atoms with Crippen molar-refractivity contribution < 1.29 is 24.2 Å². The molecule has 2 aromatic rings. The van der Waals surface area contributed by atoms with Gasteiger partial charge in [0.05, 0.1) is 29.5 Å². The number of anilines is 2. The maximum Gasteiger partial charge on any atom is 0.337 e. The zero-order valence-electron chi connectivity index (χ0n) is 15.5. The van der Waals surface area contributed by atoms with Crippen molar-refractivity contribution in [3.05, 3.63) is 64.9 Å². The third kappa shape index (κ3) is 3.73. The first-order valence-electron chi connectivity index (χ1n) is 8.82. The predicted octanol–water partition coefficient (Wildman–Crippen LogP) is 3.75. The average Bonchev–Trinajstić information content (AvgIpc) is 3.02. The highest BCUT2D eigenvalue weighted by Crippen LogP contribution is 2.36. The minimum atomic E-state index is -0.996. The highest BCUT2D eigenvalue weighted by Gasteiger charge is 2.28. The molecule has 0 atom stereocenters. The SMILES string of the molecule is CCCC(Nc1ccc(C(=O)O)cc1)=C1C(=O)Nc2cc(C(=O)OC)ccc21. The van der Waals surface area contributed by atoms with E-state index >= 15 is 0 Å². The Morgan fingerprint density at radius 2 is 1.79 bits per heavy atom. The van der Waals surface area contributed by atoms with Gasteiger partial charge in [-0.2, -0.15) is 0 Å². The van der Waals surface area contributed by atoms with Crippen LogP contribution in [-0.4, -0.2) is 30.1 Å². The minimum Gasteiger partial charge on any atom is -0.478 e. The van der Waals surface area contributed by atoms with Crippen LogP contribution in [0.1, 0.15) is 46.0 Å². The van der Waals surface area contributed by atoms with E-state index in [4.69, 9.17) is 9.84 Å². The van der Waals surface area contributed by atoms with Gasteiger partial charge in [0.2, 0.25) is 0 Å². The number of benzene rings is 2. The molecule has 0 aliphatic carbocycles. The van der Waals surface area contributed by atoms with Crippen LogP contribution in [0.5, 0.6) is 0 Å². The summed E-state index contributed by atoms with van der Waals surface area (Å²) < 4.78 is 4.72. The van der Waals surface area contributed by atoms with Crippen molar-refractivity contribution in [1.82, 2.24) is 0 Å². The second kappa shape index (κ2) is 7.96. The number of hydrogen-bond donors (Lipinski definition) is 3. The number of aromatic carboxylic acids is 1. The highest BCUT2D eigenvalue weighted by atomic mass is 16.5. The molecule has 2 aromatic carbocycles. The molecule has 0 saturated heterocycles. The monoisotopic (exact) mass is 380 g/mol. The largest absolute Gasteiger partial charge is 0.478 e. The van der Waals surface area contributed by atoms with Gasteiger partial charge in [-0.1, -0.05) is 19.4 Å². The average molecular weight is 380 g/mol. The number of amides is 1. The molecule has 28 heavy (non-hydrogen) atoms. The number of carboxylic acid groups (broad SMARTS) is 1. The lowest BCUT2D eigenvalue weighted by Crippen LogP contribution is -2.10. The molecule has 7 nitrogen and oxygen atoms in total. The fourth-order valence-electron chi connectivity index (χ4n) is 3.09. The Hall–Kier alpha value is -3.61. The van der Waals surface area contributed by atoms with Gasteiger partial charge in [-0.3, -0.25) is 4.79 Å². The fourth-order valence-corrected chi connectivity index (χ4v) is 3.09. The van der Waals surface area contributed by atoms with Crippen molar-refractivity contribution in [1.29, 1.82) is 0 Å². The number of carbonyl (C=O) groups excluding carboxylic acids is 2. The van der Waals surface area contributed by atoms with Crippen molar-refractivity contribution in [2.45, 2.75) is 19.8 Å². The molecule has 0 bridgehead atoms. The van der Waals surface area contributed by atoms with Crippen LogP contribution in [0, 0.1) is 0 Å². The van der Waals surface area contributed by atoms with Crippen LogP contribution in [0.3, 0.4) is 0 Å². The van der Waals surface area contributed by atoms with Gasteiger partial charge in [0.15, 0.2) is 0 Å². The maximum atomic E-state index is 12.6. The van der Waals surface area contributed by atoms with E-state index in [-0.39, 0.29) is 11.5 Å². The van der Waals surface area contributed by atoms with Crippen LogP contribution < -0.4 is 10.6 Å². The summed E-state index contributed by atoms with van der Waals surface area (Å²) in [4.78, 5) is 35.4. The maximum absolute atomic E-state index is 12.6. The van der Waals surface area contributed by atoms with Crippen LogP contribution in [0.25, 0.3) is 5.57 Å². The zero-order chi connectivity index (χ0) is 20.3. The fraction of sp³-hybridized carbons (Fsp3) is 0.190. The highest BCUT2D eigenvalue weighted by molar-refractivity contribution is 6.32. The Kier molecular flexibility index (Phi) is 5.44. The molecule has 3 N–H and O–H groups in total. The molecule has 7 heteroatoms. The van der Waals surface area contributed by atoms with Gasteiger partial charge in [-0.15, -0.1) is 0 Å². The van der Waals surface area contributed by atoms with E-state index in [1.165, 1.54) is 19.2 Å². The molecule has 0 unspecified atom stereocenters. The smallest absolute Gasteiger partial charge is 0.337 e. The summed E-state index contributed by atoms with van der Waals surface area (Å²) in [6, 6.07) is 11.3.